The van der Waals surface area contributed by atoms with E-state index in [4.69, 9.17) is 9.84 Å². The molecule has 0 bridgehead atoms. The van der Waals surface area contributed by atoms with Crippen LogP contribution in [0.25, 0.3) is 0 Å². The van der Waals surface area contributed by atoms with Gasteiger partial charge in [0.15, 0.2) is 0 Å². The molecule has 6 nitrogen and oxygen atoms in total. The molecule has 148 valence electrons. The maximum atomic E-state index is 13.7. The molecular weight excluding hydrogens is 363 g/mol. The highest BCUT2D eigenvalue weighted by atomic mass is 19.1. The molecule has 28 heavy (non-hydrogen) atoms. The van der Waals surface area contributed by atoms with Gasteiger partial charge >= 0.3 is 12.0 Å². The van der Waals surface area contributed by atoms with Crippen LogP contribution in [-0.4, -0.2) is 41.2 Å². The minimum atomic E-state index is -0.981. The lowest BCUT2D eigenvalue weighted by Gasteiger charge is -2.32. The van der Waals surface area contributed by atoms with Crippen LogP contribution in [0.5, 0.6) is 0 Å². The number of carboxylic acid groups (broad SMARTS) is 1. The molecule has 1 heterocycles. The first-order chi connectivity index (χ1) is 13.5. The van der Waals surface area contributed by atoms with Crippen LogP contribution in [0.4, 0.5) is 9.18 Å². The number of carbonyl (C=O) groups is 2. The Balaban J connectivity index is 1.47. The van der Waals surface area contributed by atoms with Crippen LogP contribution in [-0.2, 0) is 17.9 Å². The van der Waals surface area contributed by atoms with Crippen molar-refractivity contribution in [2.45, 2.75) is 32.1 Å². The molecule has 0 aromatic heterocycles. The highest BCUT2D eigenvalue weighted by Gasteiger charge is 2.24. The lowest BCUT2D eigenvalue weighted by molar-refractivity contribution is -0.00140. The van der Waals surface area contributed by atoms with Gasteiger partial charge in [-0.15, -0.1) is 0 Å². The average molecular weight is 386 g/mol. The Morgan fingerprint density at radius 2 is 1.93 bits per heavy atom. The quantitative estimate of drug-likeness (QED) is 0.797. The molecule has 0 aliphatic carbocycles. The first-order valence-electron chi connectivity index (χ1n) is 9.23. The highest BCUT2D eigenvalue weighted by molar-refractivity contribution is 5.87. The molecule has 0 spiro atoms. The highest BCUT2D eigenvalue weighted by Crippen LogP contribution is 2.16. The van der Waals surface area contributed by atoms with Crippen LogP contribution in [0.2, 0.25) is 0 Å². The third-order valence-corrected chi connectivity index (χ3v) is 4.74. The van der Waals surface area contributed by atoms with Crippen molar-refractivity contribution in [2.75, 3.05) is 13.1 Å². The molecule has 1 aliphatic heterocycles. The van der Waals surface area contributed by atoms with E-state index >= 15 is 0 Å². The summed E-state index contributed by atoms with van der Waals surface area (Å²) in [4.78, 5) is 25.0. The van der Waals surface area contributed by atoms with Crippen molar-refractivity contribution >= 4 is 12.0 Å². The number of aromatic carboxylic acids is 1. The average Bonchev–Trinajstić information content (AvgIpc) is 2.72. The predicted molar refractivity (Wildman–Crippen MR) is 101 cm³/mol. The van der Waals surface area contributed by atoms with Gasteiger partial charge in [0.2, 0.25) is 0 Å². The van der Waals surface area contributed by atoms with Crippen LogP contribution in [0.3, 0.4) is 0 Å². The molecule has 0 saturated carbocycles. The maximum absolute atomic E-state index is 13.7. The van der Waals surface area contributed by atoms with Crippen LogP contribution >= 0.6 is 0 Å². The molecule has 1 fully saturated rings. The van der Waals surface area contributed by atoms with Crippen molar-refractivity contribution in [1.82, 2.24) is 10.2 Å². The Bertz CT molecular complexity index is 825. The van der Waals surface area contributed by atoms with Gasteiger partial charge in [0, 0.05) is 25.2 Å². The summed E-state index contributed by atoms with van der Waals surface area (Å²) >= 11 is 0. The van der Waals surface area contributed by atoms with Crippen LogP contribution in [0.15, 0.2) is 48.5 Å². The molecule has 7 heteroatoms. The zero-order chi connectivity index (χ0) is 19.9. The van der Waals surface area contributed by atoms with Gasteiger partial charge < -0.3 is 20.1 Å². The van der Waals surface area contributed by atoms with E-state index in [1.165, 1.54) is 18.2 Å². The number of carboxylic acids is 1. The number of hydrogen-bond donors (Lipinski definition) is 2. The topological polar surface area (TPSA) is 78.9 Å². The Labute approximate surface area is 162 Å². The Morgan fingerprint density at radius 3 is 2.64 bits per heavy atom. The fourth-order valence-corrected chi connectivity index (χ4v) is 3.14. The first-order valence-corrected chi connectivity index (χ1v) is 9.23. The van der Waals surface area contributed by atoms with E-state index in [1.807, 2.05) is 0 Å². The van der Waals surface area contributed by atoms with Gasteiger partial charge in [-0.3, -0.25) is 0 Å². The smallest absolute Gasteiger partial charge is 0.335 e. The largest absolute Gasteiger partial charge is 0.478 e. The fraction of sp³-hybridized carbons (Fsp3) is 0.333. The van der Waals surface area contributed by atoms with Gasteiger partial charge in [-0.25, -0.2) is 14.0 Å². The minimum absolute atomic E-state index is 0.131. The molecule has 0 radical (unpaired) electrons. The number of piperidine rings is 1. The molecule has 2 aromatic carbocycles. The van der Waals surface area contributed by atoms with E-state index in [9.17, 15) is 14.0 Å². The van der Waals surface area contributed by atoms with Gasteiger partial charge in [-0.05, 0) is 36.6 Å². The fourth-order valence-electron chi connectivity index (χ4n) is 3.14. The molecule has 0 unspecified atom stereocenters. The van der Waals surface area contributed by atoms with E-state index in [0.717, 1.165) is 18.4 Å². The zero-order valence-corrected chi connectivity index (χ0v) is 15.4. The van der Waals surface area contributed by atoms with E-state index in [-0.39, 0.29) is 30.1 Å². The third-order valence-electron chi connectivity index (χ3n) is 4.74. The number of rotatable bonds is 6. The standard InChI is InChI=1S/C21H23FN2O4/c22-19-6-2-1-4-17(19)14-28-18-5-3-11-24(13-18)21(27)23-12-15-7-9-16(10-8-15)20(25)26/h1-2,4,6-10,18H,3,5,11-14H2,(H,23,27)(H,25,26)/t18-/m0/s1. The van der Waals surface area contributed by atoms with Crippen LogP contribution in [0.1, 0.15) is 34.3 Å². The molecule has 1 saturated heterocycles. The molecule has 3 rings (SSSR count). The SMILES string of the molecule is O=C(O)c1ccc(CNC(=O)N2CCC[C@H](OCc3ccccc3F)C2)cc1. The summed E-state index contributed by atoms with van der Waals surface area (Å²) in [7, 11) is 0. The van der Waals surface area contributed by atoms with Crippen molar-refractivity contribution in [3.05, 3.63) is 71.0 Å². The summed E-state index contributed by atoms with van der Waals surface area (Å²) in [6.07, 6.45) is 1.52. The third kappa shape index (κ3) is 5.29. The van der Waals surface area contributed by atoms with Crippen molar-refractivity contribution < 1.29 is 23.8 Å². The van der Waals surface area contributed by atoms with Gasteiger partial charge in [-0.1, -0.05) is 30.3 Å². The second kappa shape index (κ2) is 9.32. The molecule has 1 aliphatic rings. The van der Waals surface area contributed by atoms with Crippen LogP contribution < -0.4 is 5.32 Å². The molecule has 2 N–H and O–H groups in total. The number of halogens is 1. The number of nitrogens with zero attached hydrogens (tertiary/aromatic N) is 1. The van der Waals surface area contributed by atoms with Gasteiger partial charge in [-0.2, -0.15) is 0 Å². The van der Waals surface area contributed by atoms with Gasteiger partial charge in [0.1, 0.15) is 5.82 Å². The Morgan fingerprint density at radius 1 is 1.18 bits per heavy atom. The summed E-state index contributed by atoms with van der Waals surface area (Å²) in [5.41, 5.74) is 1.54. The van der Waals surface area contributed by atoms with E-state index in [2.05, 4.69) is 5.32 Å². The zero-order valence-electron chi connectivity index (χ0n) is 15.4. The second-order valence-electron chi connectivity index (χ2n) is 6.77. The first kappa shape index (κ1) is 19.8. The lowest BCUT2D eigenvalue weighted by atomic mass is 10.1. The second-order valence-corrected chi connectivity index (χ2v) is 6.77. The van der Waals surface area contributed by atoms with Gasteiger partial charge in [0.25, 0.3) is 0 Å². The van der Waals surface area contributed by atoms with Crippen molar-refractivity contribution in [1.29, 1.82) is 0 Å². The normalized spacial score (nSPS) is 16.6. The number of carbonyl (C=O) groups excluding carboxylic acids is 1. The number of likely N-dealkylation sites (tertiary alicyclic amines) is 1. The summed E-state index contributed by atoms with van der Waals surface area (Å²) in [5, 5.41) is 11.8. The maximum Gasteiger partial charge on any atom is 0.335 e. The van der Waals surface area contributed by atoms with E-state index < -0.39 is 5.97 Å². The molecule has 2 amide bonds. The summed E-state index contributed by atoms with van der Waals surface area (Å²) < 4.78 is 19.5. The number of amides is 2. The van der Waals surface area contributed by atoms with Crippen LogP contribution in [0, 0.1) is 5.82 Å². The van der Waals surface area contributed by atoms with Crippen molar-refractivity contribution in [3.8, 4) is 0 Å². The summed E-state index contributed by atoms with van der Waals surface area (Å²) in [6.45, 7) is 1.60. The number of benzene rings is 2. The Hall–Kier alpha value is -2.93. The number of urea groups is 1. The Kier molecular flexibility index (Phi) is 6.60. The minimum Gasteiger partial charge on any atom is -0.478 e. The molecular formula is C21H23FN2O4. The summed E-state index contributed by atoms with van der Waals surface area (Å²) in [6, 6.07) is 12.7. The molecule has 2 aromatic rings. The van der Waals surface area contributed by atoms with Crippen molar-refractivity contribution in [3.63, 3.8) is 0 Å². The predicted octanol–water partition coefficient (Wildman–Crippen LogP) is 3.41. The summed E-state index contributed by atoms with van der Waals surface area (Å²) in [5.74, 6) is -1.27. The molecule has 1 atom stereocenters. The van der Waals surface area contributed by atoms with E-state index in [0.29, 0.717) is 25.2 Å². The number of nitrogens with one attached hydrogen (secondary N) is 1. The van der Waals surface area contributed by atoms with E-state index in [1.54, 1.807) is 35.2 Å². The number of ether oxygens (including phenoxy) is 1. The number of hydrogen-bond acceptors (Lipinski definition) is 3. The lowest BCUT2D eigenvalue weighted by Crippen LogP contribution is -2.47. The van der Waals surface area contributed by atoms with Gasteiger partial charge in [0.05, 0.1) is 18.3 Å². The monoisotopic (exact) mass is 386 g/mol. The van der Waals surface area contributed by atoms with Crippen molar-refractivity contribution in [2.24, 2.45) is 0 Å².